The summed E-state index contributed by atoms with van der Waals surface area (Å²) in [5.41, 5.74) is 7.02. The Labute approximate surface area is 104 Å². The third-order valence-electron chi connectivity index (χ3n) is 3.18. The van der Waals surface area contributed by atoms with E-state index in [1.54, 1.807) is 0 Å². The van der Waals surface area contributed by atoms with E-state index in [1.165, 1.54) is 18.4 Å². The molecule has 0 radical (unpaired) electrons. The fourth-order valence-corrected chi connectivity index (χ4v) is 2.34. The summed E-state index contributed by atoms with van der Waals surface area (Å²) in [6.07, 6.45) is 2.80. The molecule has 1 aliphatic rings. The Morgan fingerprint density at radius 1 is 1.29 bits per heavy atom. The Hall–Kier alpha value is -0.900. The van der Waals surface area contributed by atoms with Crippen molar-refractivity contribution >= 4 is 0 Å². The Bertz CT molecular complexity index is 309. The molecule has 0 aromatic heterocycles. The van der Waals surface area contributed by atoms with Crippen molar-refractivity contribution in [1.29, 1.82) is 0 Å². The van der Waals surface area contributed by atoms with Gasteiger partial charge in [-0.2, -0.15) is 0 Å². The molecule has 1 saturated heterocycles. The van der Waals surface area contributed by atoms with E-state index in [0.29, 0.717) is 12.6 Å². The lowest BCUT2D eigenvalue weighted by Gasteiger charge is -2.24. The van der Waals surface area contributed by atoms with Gasteiger partial charge in [0.1, 0.15) is 0 Å². The van der Waals surface area contributed by atoms with Crippen LogP contribution in [0.4, 0.5) is 0 Å². The molecule has 0 spiro atoms. The van der Waals surface area contributed by atoms with Gasteiger partial charge in [0, 0.05) is 32.8 Å². The molecule has 0 aliphatic carbocycles. The molecule has 3 heteroatoms. The van der Waals surface area contributed by atoms with Crippen molar-refractivity contribution in [1.82, 2.24) is 4.90 Å². The lowest BCUT2D eigenvalue weighted by molar-refractivity contribution is 0.0717. The molecule has 1 unspecified atom stereocenters. The summed E-state index contributed by atoms with van der Waals surface area (Å²) in [6.45, 7) is 4.55. The van der Waals surface area contributed by atoms with Crippen LogP contribution in [0.2, 0.25) is 0 Å². The maximum Gasteiger partial charge on any atom is 0.0702 e. The third-order valence-corrected chi connectivity index (χ3v) is 3.18. The molecule has 1 aromatic rings. The van der Waals surface area contributed by atoms with Gasteiger partial charge in [-0.1, -0.05) is 30.3 Å². The van der Waals surface area contributed by atoms with Crippen LogP contribution in [0.3, 0.4) is 0 Å². The first-order chi connectivity index (χ1) is 8.38. The second kappa shape index (κ2) is 6.74. The van der Waals surface area contributed by atoms with Crippen LogP contribution in [0.1, 0.15) is 18.4 Å². The average molecular weight is 234 g/mol. The standard InChI is InChI=1S/C14H22N2O/c15-8-9-16(12-14-7-4-10-17-14)11-13-5-2-1-3-6-13/h1-3,5-6,14H,4,7-12,15H2. The van der Waals surface area contributed by atoms with Crippen molar-refractivity contribution in [2.75, 3.05) is 26.2 Å². The van der Waals surface area contributed by atoms with Crippen molar-refractivity contribution in [2.45, 2.75) is 25.5 Å². The number of hydrogen-bond acceptors (Lipinski definition) is 3. The van der Waals surface area contributed by atoms with Crippen LogP contribution < -0.4 is 5.73 Å². The molecule has 17 heavy (non-hydrogen) atoms. The van der Waals surface area contributed by atoms with E-state index < -0.39 is 0 Å². The van der Waals surface area contributed by atoms with Crippen LogP contribution in [0.5, 0.6) is 0 Å². The van der Waals surface area contributed by atoms with Gasteiger partial charge >= 0.3 is 0 Å². The number of nitrogens with zero attached hydrogens (tertiary/aromatic N) is 1. The van der Waals surface area contributed by atoms with Gasteiger partial charge in [-0.25, -0.2) is 0 Å². The van der Waals surface area contributed by atoms with Gasteiger partial charge < -0.3 is 10.5 Å². The summed E-state index contributed by atoms with van der Waals surface area (Å²) in [5, 5.41) is 0. The van der Waals surface area contributed by atoms with Gasteiger partial charge in [0.15, 0.2) is 0 Å². The van der Waals surface area contributed by atoms with Crippen LogP contribution in [0.25, 0.3) is 0 Å². The topological polar surface area (TPSA) is 38.5 Å². The Kier molecular flexibility index (Phi) is 4.98. The van der Waals surface area contributed by atoms with Gasteiger partial charge in [-0.05, 0) is 18.4 Å². The van der Waals surface area contributed by atoms with Crippen molar-refractivity contribution in [2.24, 2.45) is 5.73 Å². The van der Waals surface area contributed by atoms with Crippen LogP contribution >= 0.6 is 0 Å². The molecular formula is C14H22N2O. The van der Waals surface area contributed by atoms with Crippen LogP contribution in [-0.2, 0) is 11.3 Å². The van der Waals surface area contributed by atoms with Gasteiger partial charge in [0.2, 0.25) is 0 Å². The lowest BCUT2D eigenvalue weighted by Crippen LogP contribution is -2.35. The largest absolute Gasteiger partial charge is 0.377 e. The summed E-state index contributed by atoms with van der Waals surface area (Å²) in [5.74, 6) is 0. The highest BCUT2D eigenvalue weighted by Gasteiger charge is 2.18. The van der Waals surface area contributed by atoms with E-state index in [2.05, 4.69) is 35.2 Å². The van der Waals surface area contributed by atoms with E-state index in [4.69, 9.17) is 10.5 Å². The summed E-state index contributed by atoms with van der Waals surface area (Å²) in [6, 6.07) is 10.6. The number of rotatable bonds is 6. The minimum atomic E-state index is 0.408. The highest BCUT2D eigenvalue weighted by Crippen LogP contribution is 2.14. The highest BCUT2D eigenvalue weighted by atomic mass is 16.5. The zero-order valence-electron chi connectivity index (χ0n) is 10.3. The van der Waals surface area contributed by atoms with Gasteiger partial charge in [0.05, 0.1) is 6.10 Å². The van der Waals surface area contributed by atoms with E-state index in [1.807, 2.05) is 0 Å². The zero-order chi connectivity index (χ0) is 11.9. The molecule has 0 bridgehead atoms. The first-order valence-corrected chi connectivity index (χ1v) is 6.46. The molecule has 2 N–H and O–H groups in total. The van der Waals surface area contributed by atoms with E-state index in [0.717, 1.165) is 26.2 Å². The Balaban J connectivity index is 1.87. The molecular weight excluding hydrogens is 212 g/mol. The van der Waals surface area contributed by atoms with Crippen LogP contribution in [-0.4, -0.2) is 37.2 Å². The number of benzene rings is 1. The molecule has 1 heterocycles. The fraction of sp³-hybridized carbons (Fsp3) is 0.571. The molecule has 0 saturated carbocycles. The predicted molar refractivity (Wildman–Crippen MR) is 69.7 cm³/mol. The number of nitrogens with two attached hydrogens (primary N) is 1. The molecule has 1 aromatic carbocycles. The van der Waals surface area contributed by atoms with Crippen molar-refractivity contribution < 1.29 is 4.74 Å². The van der Waals surface area contributed by atoms with E-state index in [9.17, 15) is 0 Å². The van der Waals surface area contributed by atoms with Gasteiger partial charge in [-0.3, -0.25) is 4.90 Å². The molecule has 1 aliphatic heterocycles. The Morgan fingerprint density at radius 3 is 2.76 bits per heavy atom. The van der Waals surface area contributed by atoms with E-state index >= 15 is 0 Å². The normalized spacial score (nSPS) is 20.0. The summed E-state index contributed by atoms with van der Waals surface area (Å²) in [4.78, 5) is 2.39. The van der Waals surface area contributed by atoms with Gasteiger partial charge in [0.25, 0.3) is 0 Å². The van der Waals surface area contributed by atoms with Crippen molar-refractivity contribution in [3.8, 4) is 0 Å². The molecule has 3 nitrogen and oxygen atoms in total. The summed E-state index contributed by atoms with van der Waals surface area (Å²) in [7, 11) is 0. The minimum Gasteiger partial charge on any atom is -0.377 e. The second-order valence-electron chi connectivity index (χ2n) is 4.64. The average Bonchev–Trinajstić information content (AvgIpc) is 2.83. The van der Waals surface area contributed by atoms with Crippen LogP contribution in [0, 0.1) is 0 Å². The second-order valence-corrected chi connectivity index (χ2v) is 4.64. The zero-order valence-corrected chi connectivity index (χ0v) is 10.3. The summed E-state index contributed by atoms with van der Waals surface area (Å²) < 4.78 is 5.68. The fourth-order valence-electron chi connectivity index (χ4n) is 2.34. The molecule has 1 fully saturated rings. The number of hydrogen-bond donors (Lipinski definition) is 1. The smallest absolute Gasteiger partial charge is 0.0702 e. The van der Waals surface area contributed by atoms with Crippen molar-refractivity contribution in [3.05, 3.63) is 35.9 Å². The summed E-state index contributed by atoms with van der Waals surface area (Å²) >= 11 is 0. The Morgan fingerprint density at radius 2 is 2.12 bits per heavy atom. The monoisotopic (exact) mass is 234 g/mol. The predicted octanol–water partition coefficient (Wildman–Crippen LogP) is 1.63. The maximum atomic E-state index is 5.68. The van der Waals surface area contributed by atoms with Crippen molar-refractivity contribution in [3.63, 3.8) is 0 Å². The molecule has 0 amide bonds. The molecule has 1 atom stereocenters. The quantitative estimate of drug-likeness (QED) is 0.813. The number of ether oxygens (including phenoxy) is 1. The SMILES string of the molecule is NCCN(Cc1ccccc1)CC1CCCO1. The van der Waals surface area contributed by atoms with E-state index in [-0.39, 0.29) is 0 Å². The minimum absolute atomic E-state index is 0.408. The first kappa shape index (κ1) is 12.6. The highest BCUT2D eigenvalue weighted by molar-refractivity contribution is 5.14. The van der Waals surface area contributed by atoms with Gasteiger partial charge in [-0.15, -0.1) is 0 Å². The molecule has 2 rings (SSSR count). The maximum absolute atomic E-state index is 5.68. The molecule has 94 valence electrons. The first-order valence-electron chi connectivity index (χ1n) is 6.46. The lowest BCUT2D eigenvalue weighted by atomic mass is 10.2. The third kappa shape index (κ3) is 4.11. The van der Waals surface area contributed by atoms with Crippen LogP contribution in [0.15, 0.2) is 30.3 Å².